The number of hydrogen-bond acceptors (Lipinski definition) is 4. The lowest BCUT2D eigenvalue weighted by Crippen LogP contribution is -2.66. The predicted molar refractivity (Wildman–Crippen MR) is 104 cm³/mol. The van der Waals surface area contributed by atoms with Crippen molar-refractivity contribution in [2.24, 2.45) is 0 Å². The van der Waals surface area contributed by atoms with Gasteiger partial charge in [-0.05, 0) is 36.0 Å². The van der Waals surface area contributed by atoms with Gasteiger partial charge in [-0.2, -0.15) is 0 Å². The summed E-state index contributed by atoms with van der Waals surface area (Å²) >= 11 is 0. The van der Waals surface area contributed by atoms with E-state index >= 15 is 0 Å². The van der Waals surface area contributed by atoms with E-state index in [1.807, 2.05) is 18.3 Å². The van der Waals surface area contributed by atoms with Gasteiger partial charge in [-0.25, -0.2) is 4.98 Å². The predicted octanol–water partition coefficient (Wildman–Crippen LogP) is 2.79. The van der Waals surface area contributed by atoms with Crippen LogP contribution in [0.2, 0.25) is 0 Å². The first-order chi connectivity index (χ1) is 12.2. The van der Waals surface area contributed by atoms with E-state index in [1.54, 1.807) is 10.6 Å². The zero-order valence-corrected chi connectivity index (χ0v) is 16.2. The van der Waals surface area contributed by atoms with Gasteiger partial charge in [-0.1, -0.05) is 27.4 Å². The molecule has 0 atom stereocenters. The Hall–Kier alpha value is -2.14. The Kier molecular flexibility index (Phi) is 3.77. The summed E-state index contributed by atoms with van der Waals surface area (Å²) in [6.07, 6.45) is 5.87. The van der Waals surface area contributed by atoms with Crippen LogP contribution in [0.15, 0.2) is 41.6 Å². The van der Waals surface area contributed by atoms with Crippen LogP contribution in [0.5, 0.6) is 0 Å². The number of hydrogen-bond donors (Lipinski definition) is 0. The van der Waals surface area contributed by atoms with E-state index in [0.717, 1.165) is 30.7 Å². The third-order valence-corrected chi connectivity index (χ3v) is 6.14. The molecular formula is C21H28N4O. The fourth-order valence-electron chi connectivity index (χ4n) is 4.24. The molecule has 5 nitrogen and oxygen atoms in total. The van der Waals surface area contributed by atoms with Crippen LogP contribution < -0.4 is 5.56 Å². The topological polar surface area (TPSA) is 40.9 Å². The van der Waals surface area contributed by atoms with Crippen LogP contribution in [0.4, 0.5) is 0 Å². The zero-order chi connectivity index (χ0) is 18.7. The van der Waals surface area contributed by atoms with Crippen molar-refractivity contribution in [3.8, 4) is 0 Å². The molecular weight excluding hydrogens is 324 g/mol. The maximum atomic E-state index is 12.9. The van der Waals surface area contributed by atoms with Crippen LogP contribution in [-0.2, 0) is 12.0 Å². The highest BCUT2D eigenvalue weighted by Gasteiger charge is 2.49. The summed E-state index contributed by atoms with van der Waals surface area (Å²) in [6, 6.07) is 4.04. The molecule has 0 aliphatic carbocycles. The molecule has 2 aromatic rings. The summed E-state index contributed by atoms with van der Waals surface area (Å²) in [4.78, 5) is 22.1. The molecule has 0 amide bonds. The summed E-state index contributed by atoms with van der Waals surface area (Å²) in [5, 5.41) is 0. The number of likely N-dealkylation sites (N-methyl/N-ethyl adjacent to an activating group) is 1. The van der Waals surface area contributed by atoms with E-state index in [0.29, 0.717) is 6.54 Å². The summed E-state index contributed by atoms with van der Waals surface area (Å²) in [7, 11) is 2.14. The fourth-order valence-corrected chi connectivity index (χ4v) is 4.24. The molecule has 2 fully saturated rings. The number of rotatable bonds is 2. The Morgan fingerprint density at radius 1 is 1.31 bits per heavy atom. The number of aromatic nitrogens is 2. The number of pyridine rings is 1. The Labute approximate surface area is 155 Å². The second-order valence-electron chi connectivity index (χ2n) is 8.98. The molecule has 0 radical (unpaired) electrons. The third-order valence-electron chi connectivity index (χ3n) is 6.14. The van der Waals surface area contributed by atoms with Gasteiger partial charge in [0.2, 0.25) is 0 Å². The standard InChI is InChI=1S/C21H28N4O/c1-15-6-8-21(23(15)5)13-24(14-21)12-16-11-22-18-10-17(20(2,3)4)7-9-25(18)19(16)26/h7,9-11H,1,6,8,12-14H2,2-5H3. The van der Waals surface area contributed by atoms with Gasteiger partial charge < -0.3 is 4.90 Å². The van der Waals surface area contributed by atoms with Crippen molar-refractivity contribution in [2.45, 2.75) is 51.1 Å². The molecule has 4 heterocycles. The SMILES string of the molecule is C=C1CCC2(CN(Cc3cnc4cc(C(C)(C)C)ccn4c3=O)C2)N1C. The van der Waals surface area contributed by atoms with Gasteiger partial charge in [-0.3, -0.25) is 14.1 Å². The summed E-state index contributed by atoms with van der Waals surface area (Å²) in [5.41, 5.74) is 4.22. The zero-order valence-electron chi connectivity index (χ0n) is 16.2. The summed E-state index contributed by atoms with van der Waals surface area (Å²) in [5.74, 6) is 0. The lowest BCUT2D eigenvalue weighted by Gasteiger charge is -2.52. The van der Waals surface area contributed by atoms with Crippen molar-refractivity contribution in [3.63, 3.8) is 0 Å². The monoisotopic (exact) mass is 352 g/mol. The van der Waals surface area contributed by atoms with Gasteiger partial charge >= 0.3 is 0 Å². The van der Waals surface area contributed by atoms with Crippen LogP contribution in [-0.4, -0.2) is 44.9 Å². The van der Waals surface area contributed by atoms with Gasteiger partial charge in [-0.15, -0.1) is 0 Å². The second kappa shape index (κ2) is 5.68. The van der Waals surface area contributed by atoms with E-state index in [9.17, 15) is 4.79 Å². The number of nitrogens with zero attached hydrogens (tertiary/aromatic N) is 4. The molecule has 0 aromatic carbocycles. The number of allylic oxidation sites excluding steroid dienone is 1. The van der Waals surface area contributed by atoms with Crippen LogP contribution in [0.1, 0.15) is 44.7 Å². The fraction of sp³-hybridized carbons (Fsp3) is 0.524. The highest BCUT2D eigenvalue weighted by molar-refractivity contribution is 5.43. The Morgan fingerprint density at radius 3 is 2.65 bits per heavy atom. The third kappa shape index (κ3) is 2.65. The minimum atomic E-state index is 0.0422. The molecule has 2 aliphatic rings. The first-order valence-electron chi connectivity index (χ1n) is 9.34. The molecule has 0 N–H and O–H groups in total. The molecule has 0 bridgehead atoms. The minimum absolute atomic E-state index is 0.0422. The van der Waals surface area contributed by atoms with Crippen LogP contribution in [0.3, 0.4) is 0 Å². The van der Waals surface area contributed by atoms with Crippen molar-refractivity contribution in [3.05, 3.63) is 58.3 Å². The average Bonchev–Trinajstić information content (AvgIpc) is 2.85. The van der Waals surface area contributed by atoms with Gasteiger partial charge in [0, 0.05) is 44.8 Å². The van der Waals surface area contributed by atoms with Crippen LogP contribution >= 0.6 is 0 Å². The van der Waals surface area contributed by atoms with E-state index in [1.165, 1.54) is 17.7 Å². The highest BCUT2D eigenvalue weighted by atomic mass is 16.1. The lowest BCUT2D eigenvalue weighted by atomic mass is 9.87. The molecule has 2 aliphatic heterocycles. The molecule has 4 rings (SSSR count). The molecule has 138 valence electrons. The van der Waals surface area contributed by atoms with Crippen molar-refractivity contribution in [1.82, 2.24) is 19.2 Å². The van der Waals surface area contributed by atoms with Crippen molar-refractivity contribution in [1.29, 1.82) is 0 Å². The second-order valence-corrected chi connectivity index (χ2v) is 8.98. The van der Waals surface area contributed by atoms with Gasteiger partial charge in [0.25, 0.3) is 5.56 Å². The van der Waals surface area contributed by atoms with Crippen LogP contribution in [0.25, 0.3) is 5.65 Å². The van der Waals surface area contributed by atoms with E-state index in [4.69, 9.17) is 0 Å². The highest BCUT2D eigenvalue weighted by Crippen LogP contribution is 2.41. The first-order valence-corrected chi connectivity index (χ1v) is 9.34. The first kappa shape index (κ1) is 17.3. The Balaban J connectivity index is 1.54. The smallest absolute Gasteiger partial charge is 0.262 e. The number of fused-ring (bicyclic) bond motifs is 1. The minimum Gasteiger partial charge on any atom is -0.370 e. The molecule has 2 aromatic heterocycles. The molecule has 1 spiro atoms. The van der Waals surface area contributed by atoms with Gasteiger partial charge in [0.05, 0.1) is 11.1 Å². The maximum absolute atomic E-state index is 12.9. The molecule has 26 heavy (non-hydrogen) atoms. The lowest BCUT2D eigenvalue weighted by molar-refractivity contribution is -0.0134. The maximum Gasteiger partial charge on any atom is 0.262 e. The average molecular weight is 352 g/mol. The van der Waals surface area contributed by atoms with Gasteiger partial charge in [0.1, 0.15) is 5.65 Å². The summed E-state index contributed by atoms with van der Waals surface area (Å²) in [6.45, 7) is 13.3. The van der Waals surface area contributed by atoms with Crippen molar-refractivity contribution < 1.29 is 0 Å². The Morgan fingerprint density at radius 2 is 2.04 bits per heavy atom. The van der Waals surface area contributed by atoms with E-state index in [-0.39, 0.29) is 16.5 Å². The molecule has 0 saturated carbocycles. The number of likely N-dealkylation sites (tertiary alicyclic amines) is 2. The van der Waals surface area contributed by atoms with Crippen molar-refractivity contribution in [2.75, 3.05) is 20.1 Å². The molecule has 5 heteroatoms. The van der Waals surface area contributed by atoms with Gasteiger partial charge in [0.15, 0.2) is 0 Å². The van der Waals surface area contributed by atoms with E-state index in [2.05, 4.69) is 49.2 Å². The summed E-state index contributed by atoms with van der Waals surface area (Å²) < 4.78 is 1.67. The molecule has 2 saturated heterocycles. The van der Waals surface area contributed by atoms with Crippen LogP contribution in [0, 0.1) is 0 Å². The largest absolute Gasteiger partial charge is 0.370 e. The Bertz CT molecular complexity index is 931. The van der Waals surface area contributed by atoms with E-state index < -0.39 is 0 Å². The van der Waals surface area contributed by atoms with Crippen molar-refractivity contribution >= 4 is 5.65 Å². The normalized spacial score (nSPS) is 20.2. The molecule has 0 unspecified atom stereocenters. The quantitative estimate of drug-likeness (QED) is 0.833.